The van der Waals surface area contributed by atoms with Crippen LogP contribution in [0.15, 0.2) is 60.7 Å². The lowest BCUT2D eigenvalue weighted by Gasteiger charge is -2.27. The van der Waals surface area contributed by atoms with Crippen LogP contribution in [0, 0.1) is 0 Å². The minimum atomic E-state index is -1.64. The first-order valence-electron chi connectivity index (χ1n) is 9.97. The number of esters is 2. The van der Waals surface area contributed by atoms with E-state index in [-0.39, 0.29) is 12.2 Å². The monoisotopic (exact) mass is 430 g/mol. The number of fused-ring (bicyclic) bond motifs is 1. The van der Waals surface area contributed by atoms with Crippen molar-refractivity contribution < 1.29 is 37.7 Å². The molecule has 2 aliphatic rings. The first-order chi connectivity index (χ1) is 14.8. The molecular weight excluding hydrogens is 407 g/mol. The van der Waals surface area contributed by atoms with Crippen molar-refractivity contribution in [2.45, 2.75) is 50.4 Å². The molecule has 2 heterocycles. The summed E-state index contributed by atoms with van der Waals surface area (Å²) in [5.41, 5.74) is 0.606. The van der Waals surface area contributed by atoms with Gasteiger partial charge in [0, 0.05) is 0 Å². The van der Waals surface area contributed by atoms with E-state index in [0.29, 0.717) is 5.56 Å². The summed E-state index contributed by atoms with van der Waals surface area (Å²) in [5.74, 6) is -2.29. The molecular formula is C23H23FO7. The fraction of sp³-hybridized carbons (Fsp3) is 0.391. The van der Waals surface area contributed by atoms with Gasteiger partial charge < -0.3 is 23.7 Å². The summed E-state index contributed by atoms with van der Waals surface area (Å²) in [4.78, 5) is 24.9. The van der Waals surface area contributed by atoms with Gasteiger partial charge in [0.25, 0.3) is 0 Å². The van der Waals surface area contributed by atoms with Crippen LogP contribution in [0.3, 0.4) is 0 Å². The molecule has 7 nitrogen and oxygen atoms in total. The maximum atomic E-state index is 15.2. The Balaban J connectivity index is 1.49. The van der Waals surface area contributed by atoms with E-state index in [9.17, 15) is 9.59 Å². The molecule has 2 aromatic carbocycles. The second kappa shape index (κ2) is 8.74. The normalized spacial score (nSPS) is 27.3. The third-order valence-electron chi connectivity index (χ3n) is 5.03. The van der Waals surface area contributed by atoms with Crippen molar-refractivity contribution >= 4 is 11.9 Å². The minimum Gasteiger partial charge on any atom is -0.458 e. The van der Waals surface area contributed by atoms with Crippen molar-refractivity contribution in [2.24, 2.45) is 0 Å². The van der Waals surface area contributed by atoms with Crippen molar-refractivity contribution in [1.82, 2.24) is 0 Å². The molecule has 2 saturated heterocycles. The smallest absolute Gasteiger partial charge is 0.338 e. The van der Waals surface area contributed by atoms with Gasteiger partial charge in [0.1, 0.15) is 18.8 Å². The Labute approximate surface area is 179 Å². The van der Waals surface area contributed by atoms with Gasteiger partial charge in [0.15, 0.2) is 24.4 Å². The van der Waals surface area contributed by atoms with E-state index in [1.165, 1.54) is 0 Å². The largest absolute Gasteiger partial charge is 0.458 e. The lowest BCUT2D eigenvalue weighted by atomic mass is 10.1. The van der Waals surface area contributed by atoms with Crippen LogP contribution in [-0.4, -0.2) is 55.1 Å². The number of benzene rings is 2. The minimum absolute atomic E-state index is 0.282. The standard InChI is InChI=1S/C23H23FO7/c1-23(2)30-19-17(24)18(29-22(19)31-23)16(28-21(26)15-11-7-4-8-12-15)13-27-20(25)14-9-5-3-6-10-14/h3-12,16-19,22H,13H2,1-2H3. The first kappa shape index (κ1) is 21.4. The number of hydrogen-bond donors (Lipinski definition) is 0. The average molecular weight is 430 g/mol. The van der Waals surface area contributed by atoms with Crippen molar-refractivity contribution in [2.75, 3.05) is 6.61 Å². The van der Waals surface area contributed by atoms with Gasteiger partial charge in [0.2, 0.25) is 0 Å². The fourth-order valence-electron chi connectivity index (χ4n) is 3.58. The van der Waals surface area contributed by atoms with E-state index in [4.69, 9.17) is 23.7 Å². The van der Waals surface area contributed by atoms with Crippen molar-refractivity contribution in [1.29, 1.82) is 0 Å². The van der Waals surface area contributed by atoms with Crippen LogP contribution in [0.25, 0.3) is 0 Å². The number of alkyl halides is 1. The van der Waals surface area contributed by atoms with Crippen LogP contribution in [0.5, 0.6) is 0 Å². The zero-order valence-electron chi connectivity index (χ0n) is 17.1. The zero-order valence-corrected chi connectivity index (χ0v) is 17.1. The average Bonchev–Trinajstić information content (AvgIpc) is 3.24. The predicted octanol–water partition coefficient (Wildman–Crippen LogP) is 3.28. The molecule has 0 spiro atoms. The van der Waals surface area contributed by atoms with Crippen LogP contribution in [0.4, 0.5) is 4.39 Å². The molecule has 2 fully saturated rings. The fourth-order valence-corrected chi connectivity index (χ4v) is 3.58. The Kier molecular flexibility index (Phi) is 6.04. The zero-order chi connectivity index (χ0) is 22.0. The highest BCUT2D eigenvalue weighted by molar-refractivity contribution is 5.90. The van der Waals surface area contributed by atoms with E-state index >= 15 is 4.39 Å². The number of carbonyl (C=O) groups is 2. The van der Waals surface area contributed by atoms with Gasteiger partial charge in [-0.25, -0.2) is 14.0 Å². The molecule has 0 saturated carbocycles. The topological polar surface area (TPSA) is 80.3 Å². The summed E-state index contributed by atoms with van der Waals surface area (Å²) < 4.78 is 42.8. The third-order valence-corrected chi connectivity index (χ3v) is 5.03. The van der Waals surface area contributed by atoms with Gasteiger partial charge in [-0.1, -0.05) is 36.4 Å². The van der Waals surface area contributed by atoms with E-state index in [1.807, 2.05) is 0 Å². The van der Waals surface area contributed by atoms with Crippen LogP contribution < -0.4 is 0 Å². The highest BCUT2D eigenvalue weighted by Gasteiger charge is 2.58. The van der Waals surface area contributed by atoms with Gasteiger partial charge in [-0.2, -0.15) is 0 Å². The molecule has 2 aliphatic heterocycles. The van der Waals surface area contributed by atoms with Crippen LogP contribution >= 0.6 is 0 Å². The summed E-state index contributed by atoms with van der Waals surface area (Å²) in [6.07, 6.45) is -5.98. The lowest BCUT2D eigenvalue weighted by molar-refractivity contribution is -0.222. The molecule has 2 aromatic rings. The lowest BCUT2D eigenvalue weighted by Crippen LogP contribution is -2.43. The van der Waals surface area contributed by atoms with E-state index in [1.54, 1.807) is 74.5 Å². The highest BCUT2D eigenvalue weighted by Crippen LogP contribution is 2.40. The molecule has 0 radical (unpaired) electrons. The Morgan fingerprint density at radius 1 is 0.968 bits per heavy atom. The van der Waals surface area contributed by atoms with Gasteiger partial charge in [-0.05, 0) is 38.1 Å². The molecule has 0 bridgehead atoms. The molecule has 5 atom stereocenters. The SMILES string of the molecule is CC1(C)OC2OC(C(COC(=O)c3ccccc3)OC(=O)c3ccccc3)C(F)C2O1. The first-order valence-corrected chi connectivity index (χ1v) is 9.97. The summed E-state index contributed by atoms with van der Waals surface area (Å²) in [6.45, 7) is 2.93. The van der Waals surface area contributed by atoms with Crippen LogP contribution in [0.1, 0.15) is 34.6 Å². The quantitative estimate of drug-likeness (QED) is 0.651. The molecule has 31 heavy (non-hydrogen) atoms. The highest BCUT2D eigenvalue weighted by atomic mass is 19.1. The molecule has 164 valence electrons. The summed E-state index contributed by atoms with van der Waals surface area (Å²) in [5, 5.41) is 0. The molecule has 0 aliphatic carbocycles. The Morgan fingerprint density at radius 3 is 2.13 bits per heavy atom. The number of carbonyl (C=O) groups excluding carboxylic acids is 2. The number of halogens is 1. The Morgan fingerprint density at radius 2 is 1.55 bits per heavy atom. The second-order valence-corrected chi connectivity index (χ2v) is 7.79. The van der Waals surface area contributed by atoms with Crippen LogP contribution in [0.2, 0.25) is 0 Å². The van der Waals surface area contributed by atoms with Gasteiger partial charge >= 0.3 is 11.9 Å². The van der Waals surface area contributed by atoms with E-state index < -0.39 is 48.5 Å². The van der Waals surface area contributed by atoms with Gasteiger partial charge in [0.05, 0.1) is 11.1 Å². The summed E-state index contributed by atoms with van der Waals surface area (Å²) >= 11 is 0. The molecule has 4 rings (SSSR count). The third kappa shape index (κ3) is 4.76. The van der Waals surface area contributed by atoms with Crippen molar-refractivity contribution in [3.63, 3.8) is 0 Å². The van der Waals surface area contributed by atoms with E-state index in [0.717, 1.165) is 0 Å². The Bertz CT molecular complexity index is 918. The molecule has 0 aromatic heterocycles. The van der Waals surface area contributed by atoms with E-state index in [2.05, 4.69) is 0 Å². The second-order valence-electron chi connectivity index (χ2n) is 7.79. The van der Waals surface area contributed by atoms with Crippen molar-refractivity contribution in [3.05, 3.63) is 71.8 Å². The maximum absolute atomic E-state index is 15.2. The summed E-state index contributed by atoms with van der Waals surface area (Å²) in [7, 11) is 0. The molecule has 8 heteroatoms. The summed E-state index contributed by atoms with van der Waals surface area (Å²) in [6, 6.07) is 16.6. The molecule has 0 N–H and O–H groups in total. The van der Waals surface area contributed by atoms with Gasteiger partial charge in [-0.15, -0.1) is 0 Å². The van der Waals surface area contributed by atoms with Crippen LogP contribution in [-0.2, 0) is 23.7 Å². The van der Waals surface area contributed by atoms with Crippen molar-refractivity contribution in [3.8, 4) is 0 Å². The predicted molar refractivity (Wildman–Crippen MR) is 106 cm³/mol. The molecule has 0 amide bonds. The van der Waals surface area contributed by atoms with Gasteiger partial charge in [-0.3, -0.25) is 0 Å². The molecule has 5 unspecified atom stereocenters. The maximum Gasteiger partial charge on any atom is 0.338 e. The Hall–Kier alpha value is -2.81. The number of hydrogen-bond acceptors (Lipinski definition) is 7. The number of rotatable bonds is 6. The number of ether oxygens (including phenoxy) is 5.